The van der Waals surface area contributed by atoms with Crippen molar-refractivity contribution in [1.82, 2.24) is 10.2 Å². The van der Waals surface area contributed by atoms with Gasteiger partial charge in [0.2, 0.25) is 5.91 Å². The van der Waals surface area contributed by atoms with E-state index in [1.807, 2.05) is 60.7 Å². The Labute approximate surface area is 159 Å². The standard InChI is InChI=1S/C21H24N2O4/c24-20(23-11-13-26-14-12-23)19(15-17-7-3-1-4-8-17)22-21(25)27-16-18-9-5-2-6-10-18/h1-10,19H,11-16H2,(H,22,25)/t19-/m1/s1. The summed E-state index contributed by atoms with van der Waals surface area (Å²) in [7, 11) is 0. The molecule has 1 atom stereocenters. The van der Waals surface area contributed by atoms with Gasteiger partial charge in [0, 0.05) is 19.5 Å². The third kappa shape index (κ3) is 5.82. The highest BCUT2D eigenvalue weighted by molar-refractivity contribution is 5.86. The molecule has 1 saturated heterocycles. The van der Waals surface area contributed by atoms with E-state index in [0.29, 0.717) is 32.7 Å². The first-order valence-corrected chi connectivity index (χ1v) is 9.10. The Hall–Kier alpha value is -2.86. The molecule has 2 aromatic rings. The summed E-state index contributed by atoms with van der Waals surface area (Å²) in [5.41, 5.74) is 1.87. The number of carbonyl (C=O) groups is 2. The molecule has 0 bridgehead atoms. The predicted molar refractivity (Wildman–Crippen MR) is 101 cm³/mol. The number of benzene rings is 2. The highest BCUT2D eigenvalue weighted by Gasteiger charge is 2.28. The minimum absolute atomic E-state index is 0.112. The van der Waals surface area contributed by atoms with Gasteiger partial charge >= 0.3 is 6.09 Å². The summed E-state index contributed by atoms with van der Waals surface area (Å²) in [6.45, 7) is 2.26. The van der Waals surface area contributed by atoms with Gasteiger partial charge in [0.15, 0.2) is 0 Å². The second-order valence-electron chi connectivity index (χ2n) is 6.39. The van der Waals surface area contributed by atoms with Crippen molar-refractivity contribution in [2.45, 2.75) is 19.1 Å². The van der Waals surface area contributed by atoms with Crippen LogP contribution in [0.3, 0.4) is 0 Å². The van der Waals surface area contributed by atoms with Crippen LogP contribution in [-0.2, 0) is 27.3 Å². The van der Waals surface area contributed by atoms with Crippen LogP contribution in [0.2, 0.25) is 0 Å². The summed E-state index contributed by atoms with van der Waals surface area (Å²) >= 11 is 0. The molecule has 6 nitrogen and oxygen atoms in total. The van der Waals surface area contributed by atoms with Gasteiger partial charge in [-0.05, 0) is 11.1 Å². The number of ether oxygens (including phenoxy) is 2. The van der Waals surface area contributed by atoms with E-state index in [-0.39, 0.29) is 12.5 Å². The number of hydrogen-bond donors (Lipinski definition) is 1. The number of amides is 2. The molecule has 1 aliphatic heterocycles. The zero-order valence-electron chi connectivity index (χ0n) is 15.2. The van der Waals surface area contributed by atoms with Gasteiger partial charge < -0.3 is 19.7 Å². The van der Waals surface area contributed by atoms with Gasteiger partial charge in [-0.15, -0.1) is 0 Å². The average Bonchev–Trinajstić information content (AvgIpc) is 2.73. The monoisotopic (exact) mass is 368 g/mol. The van der Waals surface area contributed by atoms with Crippen LogP contribution in [0.25, 0.3) is 0 Å². The maximum atomic E-state index is 12.9. The molecule has 0 radical (unpaired) electrons. The van der Waals surface area contributed by atoms with E-state index in [4.69, 9.17) is 9.47 Å². The zero-order valence-corrected chi connectivity index (χ0v) is 15.2. The molecule has 0 aliphatic carbocycles. The summed E-state index contributed by atoms with van der Waals surface area (Å²) in [6.07, 6.45) is -0.182. The van der Waals surface area contributed by atoms with Gasteiger partial charge in [-0.2, -0.15) is 0 Å². The summed E-state index contributed by atoms with van der Waals surface area (Å²) in [4.78, 5) is 26.9. The van der Waals surface area contributed by atoms with Crippen LogP contribution in [0.15, 0.2) is 60.7 Å². The van der Waals surface area contributed by atoms with Crippen LogP contribution in [0.5, 0.6) is 0 Å². The van der Waals surface area contributed by atoms with Gasteiger partial charge in [-0.25, -0.2) is 4.79 Å². The lowest BCUT2D eigenvalue weighted by molar-refractivity contribution is -0.137. The molecule has 2 amide bonds. The highest BCUT2D eigenvalue weighted by atomic mass is 16.5. The summed E-state index contributed by atoms with van der Waals surface area (Å²) in [5.74, 6) is -0.112. The van der Waals surface area contributed by atoms with Crippen molar-refractivity contribution in [1.29, 1.82) is 0 Å². The summed E-state index contributed by atoms with van der Waals surface area (Å²) in [6, 6.07) is 18.4. The fourth-order valence-corrected chi connectivity index (χ4v) is 2.96. The Balaban J connectivity index is 1.63. The molecule has 1 N–H and O–H groups in total. The maximum absolute atomic E-state index is 12.9. The first-order chi connectivity index (χ1) is 13.2. The van der Waals surface area contributed by atoms with E-state index in [1.165, 1.54) is 0 Å². The molecule has 2 aromatic carbocycles. The van der Waals surface area contributed by atoms with Gasteiger partial charge in [0.25, 0.3) is 0 Å². The van der Waals surface area contributed by atoms with E-state index >= 15 is 0 Å². The minimum Gasteiger partial charge on any atom is -0.445 e. The van der Waals surface area contributed by atoms with Gasteiger partial charge in [0.05, 0.1) is 13.2 Å². The summed E-state index contributed by atoms with van der Waals surface area (Å²) in [5, 5.41) is 2.74. The Morgan fingerprint density at radius 2 is 1.56 bits per heavy atom. The second kappa shape index (κ2) is 9.73. The van der Waals surface area contributed by atoms with Crippen molar-refractivity contribution in [3.8, 4) is 0 Å². The number of morpholine rings is 1. The van der Waals surface area contributed by atoms with Crippen molar-refractivity contribution in [2.75, 3.05) is 26.3 Å². The molecular weight excluding hydrogens is 344 g/mol. The third-order valence-corrected chi connectivity index (χ3v) is 4.41. The van der Waals surface area contributed by atoms with Crippen molar-refractivity contribution in [3.63, 3.8) is 0 Å². The van der Waals surface area contributed by atoms with Crippen LogP contribution in [0.4, 0.5) is 4.79 Å². The first kappa shape index (κ1) is 18.9. The molecule has 0 aromatic heterocycles. The van der Waals surface area contributed by atoms with Crippen LogP contribution < -0.4 is 5.32 Å². The molecule has 0 unspecified atom stereocenters. The molecule has 1 fully saturated rings. The fourth-order valence-electron chi connectivity index (χ4n) is 2.96. The molecule has 1 heterocycles. The topological polar surface area (TPSA) is 67.9 Å². The number of nitrogens with zero attached hydrogens (tertiary/aromatic N) is 1. The van der Waals surface area contributed by atoms with Gasteiger partial charge in [0.1, 0.15) is 12.6 Å². The number of nitrogens with one attached hydrogen (secondary N) is 1. The Kier molecular flexibility index (Phi) is 6.82. The second-order valence-corrected chi connectivity index (χ2v) is 6.39. The van der Waals surface area contributed by atoms with Crippen molar-refractivity contribution >= 4 is 12.0 Å². The minimum atomic E-state index is -0.672. The number of carbonyl (C=O) groups excluding carboxylic acids is 2. The Morgan fingerprint density at radius 3 is 2.19 bits per heavy atom. The fraction of sp³-hybridized carbons (Fsp3) is 0.333. The highest BCUT2D eigenvalue weighted by Crippen LogP contribution is 2.09. The van der Waals surface area contributed by atoms with Crippen molar-refractivity contribution in [2.24, 2.45) is 0 Å². The van der Waals surface area contributed by atoms with Crippen LogP contribution in [-0.4, -0.2) is 49.2 Å². The third-order valence-electron chi connectivity index (χ3n) is 4.41. The number of alkyl carbamates (subject to hydrolysis) is 1. The van der Waals surface area contributed by atoms with Crippen LogP contribution in [0.1, 0.15) is 11.1 Å². The molecule has 0 saturated carbocycles. The van der Waals surface area contributed by atoms with Crippen molar-refractivity contribution < 1.29 is 19.1 Å². The lowest BCUT2D eigenvalue weighted by atomic mass is 10.0. The summed E-state index contributed by atoms with van der Waals surface area (Å²) < 4.78 is 10.6. The molecule has 3 rings (SSSR count). The zero-order chi connectivity index (χ0) is 18.9. The van der Waals surface area contributed by atoms with E-state index in [2.05, 4.69) is 5.32 Å². The first-order valence-electron chi connectivity index (χ1n) is 9.10. The van der Waals surface area contributed by atoms with Gasteiger partial charge in [-0.1, -0.05) is 60.7 Å². The SMILES string of the molecule is O=C(N[C@H](Cc1ccccc1)C(=O)N1CCOCC1)OCc1ccccc1. The lowest BCUT2D eigenvalue weighted by Gasteiger charge is -2.30. The van der Waals surface area contributed by atoms with E-state index in [1.54, 1.807) is 4.90 Å². The van der Waals surface area contributed by atoms with Crippen LogP contribution >= 0.6 is 0 Å². The Morgan fingerprint density at radius 1 is 0.963 bits per heavy atom. The lowest BCUT2D eigenvalue weighted by Crippen LogP contribution is -2.52. The maximum Gasteiger partial charge on any atom is 0.408 e. The van der Waals surface area contributed by atoms with Crippen LogP contribution in [0, 0.1) is 0 Å². The van der Waals surface area contributed by atoms with E-state index < -0.39 is 12.1 Å². The van der Waals surface area contributed by atoms with E-state index in [9.17, 15) is 9.59 Å². The van der Waals surface area contributed by atoms with Gasteiger partial charge in [-0.3, -0.25) is 4.79 Å². The number of hydrogen-bond acceptors (Lipinski definition) is 4. The normalized spacial score (nSPS) is 15.0. The average molecular weight is 368 g/mol. The van der Waals surface area contributed by atoms with Crippen molar-refractivity contribution in [3.05, 3.63) is 71.8 Å². The Bertz CT molecular complexity index is 730. The predicted octanol–water partition coefficient (Wildman–Crippen LogP) is 2.38. The number of rotatable bonds is 6. The smallest absolute Gasteiger partial charge is 0.408 e. The molecule has 6 heteroatoms. The quantitative estimate of drug-likeness (QED) is 0.850. The molecule has 1 aliphatic rings. The van der Waals surface area contributed by atoms with E-state index in [0.717, 1.165) is 11.1 Å². The molecule has 27 heavy (non-hydrogen) atoms. The molecular formula is C21H24N2O4. The molecule has 0 spiro atoms. The largest absolute Gasteiger partial charge is 0.445 e. The molecule has 142 valence electrons.